The van der Waals surface area contributed by atoms with Crippen LogP contribution in [0.3, 0.4) is 0 Å². The zero-order chi connectivity index (χ0) is 16.5. The normalized spacial score (nSPS) is 18.5. The summed E-state index contributed by atoms with van der Waals surface area (Å²) in [6, 6.07) is 10.3. The second-order valence-corrected chi connectivity index (χ2v) is 5.63. The number of nitrogens with zero attached hydrogens (tertiary/aromatic N) is 3. The minimum Gasteiger partial charge on any atom is -0.378 e. The molecule has 0 radical (unpaired) electrons. The van der Waals surface area contributed by atoms with Crippen molar-refractivity contribution in [2.24, 2.45) is 9.98 Å². The van der Waals surface area contributed by atoms with Gasteiger partial charge >= 0.3 is 0 Å². The van der Waals surface area contributed by atoms with Gasteiger partial charge in [0, 0.05) is 18.8 Å². The van der Waals surface area contributed by atoms with Gasteiger partial charge in [-0.15, -0.1) is 0 Å². The Labute approximate surface area is 139 Å². The summed E-state index contributed by atoms with van der Waals surface area (Å²) in [4.78, 5) is 11.7. The molecule has 0 spiro atoms. The molecule has 4 nitrogen and oxygen atoms in total. The molecular formula is C19H27N3O. The van der Waals surface area contributed by atoms with E-state index < -0.39 is 0 Å². The highest BCUT2D eigenvalue weighted by Gasteiger charge is 2.12. The fourth-order valence-corrected chi connectivity index (χ4v) is 2.52. The van der Waals surface area contributed by atoms with Gasteiger partial charge in [0.25, 0.3) is 0 Å². The molecule has 1 atom stereocenters. The van der Waals surface area contributed by atoms with Gasteiger partial charge in [-0.25, -0.2) is 4.99 Å². The lowest BCUT2D eigenvalue weighted by Crippen LogP contribution is -2.39. The fraction of sp³-hybridized carbons (Fsp3) is 0.474. The van der Waals surface area contributed by atoms with E-state index in [-0.39, 0.29) is 6.17 Å². The summed E-state index contributed by atoms with van der Waals surface area (Å²) in [5.74, 6) is 1.05. The first-order chi connectivity index (χ1) is 11.2. The molecule has 0 aromatic heterocycles. The number of benzene rings is 1. The standard InChI is InChI=1S/C19H27N3O/c1-4-19(11-10-18-8-6-5-7-9-18)21-16(2)20-17(3)22-12-14-23-15-13-22/h5-11,16H,4,12-15H2,1-3H3/b11-10+,20-17?,21-19?. The fourth-order valence-electron chi connectivity index (χ4n) is 2.52. The van der Waals surface area contributed by atoms with Crippen molar-refractivity contribution in [2.45, 2.75) is 33.4 Å². The number of amidine groups is 1. The van der Waals surface area contributed by atoms with Crippen LogP contribution in [-0.2, 0) is 4.74 Å². The number of rotatable bonds is 5. The quantitative estimate of drug-likeness (QED) is 0.614. The highest BCUT2D eigenvalue weighted by atomic mass is 16.5. The van der Waals surface area contributed by atoms with Crippen molar-refractivity contribution < 1.29 is 4.74 Å². The molecule has 1 aliphatic heterocycles. The molecule has 1 aliphatic rings. The highest BCUT2D eigenvalue weighted by molar-refractivity contribution is 5.98. The van der Waals surface area contributed by atoms with E-state index in [4.69, 9.17) is 14.7 Å². The van der Waals surface area contributed by atoms with E-state index in [0.29, 0.717) is 0 Å². The maximum atomic E-state index is 5.38. The van der Waals surface area contributed by atoms with Gasteiger partial charge in [-0.3, -0.25) is 4.99 Å². The van der Waals surface area contributed by atoms with Gasteiger partial charge in [0.1, 0.15) is 6.17 Å². The van der Waals surface area contributed by atoms with Crippen molar-refractivity contribution in [1.82, 2.24) is 4.90 Å². The van der Waals surface area contributed by atoms with Gasteiger partial charge in [0.15, 0.2) is 0 Å². The molecule has 0 aliphatic carbocycles. The van der Waals surface area contributed by atoms with Crippen LogP contribution in [0.25, 0.3) is 6.08 Å². The minimum atomic E-state index is -0.0618. The molecule has 23 heavy (non-hydrogen) atoms. The Balaban J connectivity index is 2.00. The summed E-state index contributed by atoms with van der Waals surface area (Å²) >= 11 is 0. The Kier molecular flexibility index (Phi) is 7.01. The molecule has 1 fully saturated rings. The molecule has 124 valence electrons. The predicted octanol–water partition coefficient (Wildman–Crippen LogP) is 3.65. The van der Waals surface area contributed by atoms with Crippen molar-refractivity contribution in [3.63, 3.8) is 0 Å². The maximum absolute atomic E-state index is 5.38. The average Bonchev–Trinajstić information content (AvgIpc) is 2.60. The van der Waals surface area contributed by atoms with Crippen LogP contribution in [0.1, 0.15) is 32.8 Å². The molecule has 0 amide bonds. The van der Waals surface area contributed by atoms with Crippen LogP contribution in [0.5, 0.6) is 0 Å². The second-order valence-electron chi connectivity index (χ2n) is 5.63. The van der Waals surface area contributed by atoms with E-state index in [1.165, 1.54) is 5.56 Å². The van der Waals surface area contributed by atoms with Gasteiger partial charge in [-0.1, -0.05) is 43.3 Å². The topological polar surface area (TPSA) is 37.2 Å². The zero-order valence-corrected chi connectivity index (χ0v) is 14.4. The lowest BCUT2D eigenvalue weighted by atomic mass is 10.2. The molecule has 0 N–H and O–H groups in total. The Bertz CT molecular complexity index is 557. The number of hydrogen-bond donors (Lipinski definition) is 0. The predicted molar refractivity (Wildman–Crippen MR) is 98.2 cm³/mol. The van der Waals surface area contributed by atoms with Crippen LogP contribution in [-0.4, -0.2) is 48.9 Å². The molecule has 1 unspecified atom stereocenters. The van der Waals surface area contributed by atoms with Gasteiger partial charge in [-0.05, 0) is 31.9 Å². The van der Waals surface area contributed by atoms with E-state index in [1.54, 1.807) is 0 Å². The van der Waals surface area contributed by atoms with Crippen molar-refractivity contribution in [2.75, 3.05) is 26.3 Å². The number of ether oxygens (including phenoxy) is 1. The number of aliphatic imine (C=N–C) groups is 2. The second kappa shape index (κ2) is 9.26. The molecule has 1 aromatic carbocycles. The first-order valence-corrected chi connectivity index (χ1v) is 8.36. The number of allylic oxidation sites excluding steroid dienone is 1. The van der Waals surface area contributed by atoms with Crippen molar-refractivity contribution in [1.29, 1.82) is 0 Å². The SMILES string of the molecule is CCC(/C=C/c1ccccc1)=NC(C)N=C(C)N1CCOCC1. The third-order valence-corrected chi connectivity index (χ3v) is 3.83. The third-order valence-electron chi connectivity index (χ3n) is 3.83. The Morgan fingerprint density at radius 1 is 1.22 bits per heavy atom. The molecular weight excluding hydrogens is 286 g/mol. The van der Waals surface area contributed by atoms with Gasteiger partial charge in [0.2, 0.25) is 0 Å². The average molecular weight is 313 g/mol. The van der Waals surface area contributed by atoms with E-state index in [1.807, 2.05) is 25.1 Å². The highest BCUT2D eigenvalue weighted by Crippen LogP contribution is 2.06. The molecule has 1 saturated heterocycles. The molecule has 1 heterocycles. The van der Waals surface area contributed by atoms with Crippen molar-refractivity contribution in [3.05, 3.63) is 42.0 Å². The summed E-state index contributed by atoms with van der Waals surface area (Å²) in [5.41, 5.74) is 2.26. The van der Waals surface area contributed by atoms with Crippen molar-refractivity contribution in [3.8, 4) is 0 Å². The van der Waals surface area contributed by atoms with Crippen molar-refractivity contribution >= 4 is 17.6 Å². The Morgan fingerprint density at radius 2 is 1.91 bits per heavy atom. The number of morpholine rings is 1. The van der Waals surface area contributed by atoms with Crippen LogP contribution >= 0.6 is 0 Å². The molecule has 1 aromatic rings. The monoisotopic (exact) mass is 313 g/mol. The van der Waals surface area contributed by atoms with E-state index in [2.05, 4.69) is 43.0 Å². The molecule has 0 saturated carbocycles. The maximum Gasteiger partial charge on any atom is 0.139 e. The lowest BCUT2D eigenvalue weighted by molar-refractivity contribution is 0.0676. The number of hydrogen-bond acceptors (Lipinski definition) is 3. The van der Waals surface area contributed by atoms with Crippen LogP contribution in [0.15, 0.2) is 46.4 Å². The van der Waals surface area contributed by atoms with Crippen LogP contribution in [0, 0.1) is 0 Å². The summed E-state index contributed by atoms with van der Waals surface area (Å²) < 4.78 is 5.38. The summed E-state index contributed by atoms with van der Waals surface area (Å²) in [5, 5.41) is 0. The summed E-state index contributed by atoms with van der Waals surface area (Å²) in [7, 11) is 0. The van der Waals surface area contributed by atoms with Crippen LogP contribution < -0.4 is 0 Å². The zero-order valence-electron chi connectivity index (χ0n) is 14.4. The Morgan fingerprint density at radius 3 is 2.57 bits per heavy atom. The lowest BCUT2D eigenvalue weighted by Gasteiger charge is -2.28. The summed E-state index contributed by atoms with van der Waals surface area (Å²) in [6.45, 7) is 9.62. The third kappa shape index (κ3) is 5.99. The van der Waals surface area contributed by atoms with E-state index in [9.17, 15) is 0 Å². The van der Waals surface area contributed by atoms with E-state index in [0.717, 1.165) is 44.3 Å². The van der Waals surface area contributed by atoms with E-state index >= 15 is 0 Å². The smallest absolute Gasteiger partial charge is 0.139 e. The summed E-state index contributed by atoms with van der Waals surface area (Å²) in [6.07, 6.45) is 5.03. The first-order valence-electron chi connectivity index (χ1n) is 8.36. The molecule has 2 rings (SSSR count). The van der Waals surface area contributed by atoms with Crippen LogP contribution in [0.4, 0.5) is 0 Å². The van der Waals surface area contributed by atoms with Gasteiger partial charge in [-0.2, -0.15) is 0 Å². The molecule has 0 bridgehead atoms. The Hall–Kier alpha value is -1.94. The van der Waals surface area contributed by atoms with Gasteiger partial charge < -0.3 is 9.64 Å². The van der Waals surface area contributed by atoms with Gasteiger partial charge in [0.05, 0.1) is 19.0 Å². The van der Waals surface area contributed by atoms with Crippen LogP contribution in [0.2, 0.25) is 0 Å². The minimum absolute atomic E-state index is 0.0618. The largest absolute Gasteiger partial charge is 0.378 e. The first kappa shape index (κ1) is 17.4. The molecule has 4 heteroatoms.